The minimum atomic E-state index is -5.25. The first kappa shape index (κ1) is 9.76. The van der Waals surface area contributed by atoms with Gasteiger partial charge in [-0.3, -0.25) is 0 Å². The summed E-state index contributed by atoms with van der Waals surface area (Å²) >= 11 is -5.25. The molecule has 0 fully saturated rings. The smallest absolute Gasteiger partial charge is 0 e. The van der Waals surface area contributed by atoms with Gasteiger partial charge in [0.25, 0.3) is 0 Å². The zero-order chi connectivity index (χ0) is 4.50. The van der Waals surface area contributed by atoms with Crippen LogP contribution in [-0.2, 0) is 7.67 Å². The Hall–Kier alpha value is 0.572. The maximum Gasteiger partial charge on any atom is 0 e. The molecule has 0 aliphatic heterocycles. The topological polar surface area (TPSA) is 74.6 Å². The third-order valence-corrected chi connectivity index (χ3v) is 0. The third kappa shape index (κ3) is 178. The van der Waals surface area contributed by atoms with Crippen LogP contribution in [0.4, 0.5) is 0 Å². The first-order chi connectivity index (χ1) is 2.00. The van der Waals surface area contributed by atoms with Crippen LogP contribution in [0.5, 0.6) is 0 Å². The van der Waals surface area contributed by atoms with Gasteiger partial charge < -0.3 is 0 Å². The molecule has 6 heteroatoms. The molecule has 4 nitrogen and oxygen atoms in total. The van der Waals surface area contributed by atoms with E-state index in [1.54, 1.807) is 0 Å². The van der Waals surface area contributed by atoms with Crippen LogP contribution < -0.4 is 0 Å². The molecule has 0 unspecified atom stereocenters. The summed E-state index contributed by atoms with van der Waals surface area (Å²) in [5.41, 5.74) is 0. The minimum absolute atomic E-state index is 0. The van der Waals surface area contributed by atoms with Gasteiger partial charge >= 0.3 is 29.4 Å². The molecule has 0 spiro atoms. The van der Waals surface area contributed by atoms with Crippen molar-refractivity contribution < 1.29 is 16.0 Å². The van der Waals surface area contributed by atoms with E-state index in [-0.39, 0.29) is 17.4 Å². The fraction of sp³-hybridized carbons (Fsp3) is 0. The molecule has 2 N–H and O–H groups in total. The van der Waals surface area contributed by atoms with Gasteiger partial charge in [0, 0.05) is 17.4 Å². The second-order valence-electron chi connectivity index (χ2n) is 0.448. The summed E-state index contributed by atoms with van der Waals surface area (Å²) in [6.07, 6.45) is 0. The average Bonchev–Trinajstić information content (AvgIpc) is 0.722. The predicted molar refractivity (Wildman–Crippen MR) is 17.3 cm³/mol. The Kier molecular flexibility index (Phi) is 4.39. The molecule has 0 aromatic carbocycles. The van der Waals surface area contributed by atoms with Gasteiger partial charge in [0.1, 0.15) is 0 Å². The van der Waals surface area contributed by atoms with Crippen molar-refractivity contribution in [1.29, 1.82) is 0 Å². The fourth-order valence-corrected chi connectivity index (χ4v) is 0. The van der Waals surface area contributed by atoms with Crippen molar-refractivity contribution in [2.45, 2.75) is 0 Å². The van der Waals surface area contributed by atoms with Crippen LogP contribution in [0.1, 0.15) is 0 Å². The van der Waals surface area contributed by atoms with Crippen LogP contribution in [0.25, 0.3) is 0 Å². The van der Waals surface area contributed by atoms with Crippen LogP contribution in [0.2, 0.25) is 0 Å². The molecule has 0 bridgehead atoms. The van der Waals surface area contributed by atoms with Crippen molar-refractivity contribution in [2.24, 2.45) is 0 Å². The Morgan fingerprint density at radius 3 is 1.17 bits per heavy atom. The van der Waals surface area contributed by atoms with Crippen LogP contribution >= 0.6 is 0 Å². The number of hydrogen-bond donors (Lipinski definition) is 2. The largest absolute Gasteiger partial charge is 0 e. The molecule has 0 saturated carbocycles. The zero-order valence-corrected chi connectivity index (χ0v) is 5.56. The van der Waals surface area contributed by atoms with Gasteiger partial charge in [-0.15, -0.1) is 0 Å². The summed E-state index contributed by atoms with van der Waals surface area (Å²) < 4.78 is 31.9. The van der Waals surface area contributed by atoms with E-state index in [1.807, 2.05) is 0 Å². The van der Waals surface area contributed by atoms with Crippen LogP contribution in [0.3, 0.4) is 0 Å². The number of rotatable bonds is 0. The van der Waals surface area contributed by atoms with E-state index in [4.69, 9.17) is 16.0 Å². The molecule has 0 amide bonds. The van der Waals surface area contributed by atoms with Crippen LogP contribution in [-0.4, -0.2) is 39.1 Å². The van der Waals surface area contributed by atoms with Crippen molar-refractivity contribution in [1.82, 2.24) is 0 Å². The summed E-state index contributed by atoms with van der Waals surface area (Å²) in [7, 11) is 0. The molecule has 0 heterocycles. The van der Waals surface area contributed by atoms with Gasteiger partial charge in [0.2, 0.25) is 0 Å². The van der Waals surface area contributed by atoms with E-state index in [1.165, 1.54) is 0 Å². The van der Waals surface area contributed by atoms with E-state index in [2.05, 4.69) is 0 Å². The monoisotopic (exact) mass is 173 g/mol. The van der Waals surface area contributed by atoms with Gasteiger partial charge in [-0.05, 0) is 0 Å². The molecule has 0 aromatic rings. The first-order valence-electron chi connectivity index (χ1n) is 0.698. The first-order valence-corrected chi connectivity index (χ1v) is 3.63. The Balaban J connectivity index is 0. The summed E-state index contributed by atoms with van der Waals surface area (Å²) in [6.45, 7) is 0. The quantitative estimate of drug-likeness (QED) is 0.410. The molecule has 3 radical (unpaired) electrons. The van der Waals surface area contributed by atoms with Crippen molar-refractivity contribution in [3.8, 4) is 0 Å². The van der Waals surface area contributed by atoms with Crippen molar-refractivity contribution >= 4 is 30.7 Å². The van der Waals surface area contributed by atoms with Crippen molar-refractivity contribution in [3.05, 3.63) is 0 Å². The van der Waals surface area contributed by atoms with Gasteiger partial charge in [0.05, 0.1) is 0 Å². The van der Waals surface area contributed by atoms with Gasteiger partial charge in [-0.25, -0.2) is 0 Å². The summed E-state index contributed by atoms with van der Waals surface area (Å²) in [4.78, 5) is 0. The van der Waals surface area contributed by atoms with Gasteiger partial charge in [0.15, 0.2) is 0 Å². The molecule has 35 valence electrons. The molecule has 0 atom stereocenters. The van der Waals surface area contributed by atoms with E-state index in [9.17, 15) is 0 Å². The second-order valence-corrected chi connectivity index (χ2v) is 2.33. The summed E-state index contributed by atoms with van der Waals surface area (Å²) in [5, 5.41) is 0. The molecule has 0 aromatic heterocycles. The van der Waals surface area contributed by atoms with Crippen LogP contribution in [0.15, 0.2) is 0 Å². The fourth-order valence-electron chi connectivity index (χ4n) is 0. The van der Waals surface area contributed by atoms with E-state index in [0.29, 0.717) is 0 Å². The molecular formula is H2AlO4Se. The van der Waals surface area contributed by atoms with E-state index in [0.717, 1.165) is 0 Å². The number of hydrogen-bond acceptors (Lipinski definition) is 2. The van der Waals surface area contributed by atoms with E-state index < -0.39 is 13.4 Å². The van der Waals surface area contributed by atoms with Gasteiger partial charge in [-0.2, -0.15) is 0 Å². The van der Waals surface area contributed by atoms with Crippen molar-refractivity contribution in [2.75, 3.05) is 0 Å². The Labute approximate surface area is 47.2 Å². The minimum Gasteiger partial charge on any atom is 0 e. The molecular weight excluding hydrogens is 170 g/mol. The Morgan fingerprint density at radius 1 is 1.17 bits per heavy atom. The summed E-state index contributed by atoms with van der Waals surface area (Å²) in [5.74, 6) is 0. The molecule has 0 aliphatic rings. The maximum absolute atomic E-state index is 8.82. The standard InChI is InChI=1S/Al.H2O4Se/c;1-5(2,3)4/h;(H2,1,2,3,4). The maximum atomic E-state index is 8.82. The average molecular weight is 172 g/mol. The normalized spacial score (nSPS) is 9.67. The van der Waals surface area contributed by atoms with E-state index >= 15 is 0 Å². The second kappa shape index (κ2) is 2.70. The molecule has 0 aliphatic carbocycles. The van der Waals surface area contributed by atoms with Crippen LogP contribution in [0, 0.1) is 0 Å². The van der Waals surface area contributed by atoms with Crippen molar-refractivity contribution in [3.63, 3.8) is 0 Å². The Bertz CT molecular complexity index is 90.7. The molecule has 0 rings (SSSR count). The zero-order valence-electron chi connectivity index (χ0n) is 2.70. The Morgan fingerprint density at radius 2 is 1.17 bits per heavy atom. The van der Waals surface area contributed by atoms with Gasteiger partial charge in [-0.1, -0.05) is 0 Å². The molecule has 6 heavy (non-hydrogen) atoms. The SMILES string of the molecule is O=[Se](=O)(O)O.[Al]. The summed E-state index contributed by atoms with van der Waals surface area (Å²) in [6, 6.07) is 0. The molecule has 0 saturated heterocycles. The predicted octanol–water partition coefficient (Wildman–Crippen LogP) is -2.11. The third-order valence-electron chi connectivity index (χ3n) is 0.